The maximum atomic E-state index is 11.8. The van der Waals surface area contributed by atoms with Crippen molar-refractivity contribution in [2.75, 3.05) is 11.9 Å². The summed E-state index contributed by atoms with van der Waals surface area (Å²) in [6.45, 7) is 6.93. The van der Waals surface area contributed by atoms with Gasteiger partial charge in [-0.2, -0.15) is 0 Å². The van der Waals surface area contributed by atoms with Crippen LogP contribution in [0.1, 0.15) is 46.5 Å². The molecule has 4 heteroatoms. The lowest BCUT2D eigenvalue weighted by Crippen LogP contribution is -2.45. The van der Waals surface area contributed by atoms with Gasteiger partial charge in [0.2, 0.25) is 5.91 Å². The number of alkyl halides is 1. The molecular weight excluding hydrogens is 282 g/mol. The first kappa shape index (κ1) is 15.0. The van der Waals surface area contributed by atoms with E-state index in [0.717, 1.165) is 31.2 Å². The van der Waals surface area contributed by atoms with Gasteiger partial charge in [-0.1, -0.05) is 15.9 Å². The summed E-state index contributed by atoms with van der Waals surface area (Å²) < 4.78 is 5.49. The number of hydrogen-bond acceptors (Lipinski definition) is 2. The summed E-state index contributed by atoms with van der Waals surface area (Å²) in [6.07, 6.45) is 4.08. The lowest BCUT2D eigenvalue weighted by atomic mass is 9.79. The third kappa shape index (κ3) is 5.38. The van der Waals surface area contributed by atoms with Crippen molar-refractivity contribution in [1.82, 2.24) is 5.32 Å². The van der Waals surface area contributed by atoms with Crippen molar-refractivity contribution in [3.05, 3.63) is 0 Å². The molecule has 0 aliphatic heterocycles. The molecule has 1 rings (SSSR count). The van der Waals surface area contributed by atoms with Gasteiger partial charge in [0, 0.05) is 23.9 Å². The van der Waals surface area contributed by atoms with Crippen LogP contribution < -0.4 is 5.32 Å². The molecule has 17 heavy (non-hydrogen) atoms. The zero-order chi connectivity index (χ0) is 12.9. The zero-order valence-electron chi connectivity index (χ0n) is 11.1. The lowest BCUT2D eigenvalue weighted by molar-refractivity contribution is -0.125. The molecule has 1 N–H and O–H groups in total. The number of rotatable bonds is 7. The Morgan fingerprint density at radius 1 is 1.47 bits per heavy atom. The molecule has 3 nitrogen and oxygen atoms in total. The normalized spacial score (nSPS) is 24.2. The number of carbonyl (C=O) groups is 1. The number of hydrogen-bond donors (Lipinski definition) is 1. The third-order valence-corrected chi connectivity index (χ3v) is 3.66. The Morgan fingerprint density at radius 3 is 2.65 bits per heavy atom. The molecule has 0 heterocycles. The molecule has 0 aromatic rings. The van der Waals surface area contributed by atoms with Gasteiger partial charge >= 0.3 is 0 Å². The van der Waals surface area contributed by atoms with Crippen molar-refractivity contribution >= 4 is 21.8 Å². The number of ether oxygens (including phenoxy) is 1. The predicted octanol–water partition coefficient (Wildman–Crippen LogP) is 2.87. The summed E-state index contributed by atoms with van der Waals surface area (Å²) in [7, 11) is 0. The van der Waals surface area contributed by atoms with E-state index in [1.54, 1.807) is 0 Å². The van der Waals surface area contributed by atoms with Crippen LogP contribution in [0.2, 0.25) is 0 Å². The first-order valence-electron chi connectivity index (χ1n) is 6.45. The van der Waals surface area contributed by atoms with Crippen LogP contribution in [0.5, 0.6) is 0 Å². The molecule has 100 valence electrons. The van der Waals surface area contributed by atoms with Gasteiger partial charge in [-0.3, -0.25) is 4.79 Å². The number of nitrogens with one attached hydrogen (secondary N) is 1. The van der Waals surface area contributed by atoms with Crippen molar-refractivity contribution in [3.63, 3.8) is 0 Å². The third-order valence-electron chi connectivity index (χ3n) is 3.27. The van der Waals surface area contributed by atoms with E-state index in [0.29, 0.717) is 18.4 Å². The average Bonchev–Trinajstić information content (AvgIpc) is 2.13. The van der Waals surface area contributed by atoms with Gasteiger partial charge in [-0.15, -0.1) is 0 Å². The molecule has 0 bridgehead atoms. The van der Waals surface area contributed by atoms with Crippen LogP contribution in [0.25, 0.3) is 0 Å². The van der Waals surface area contributed by atoms with Gasteiger partial charge in [-0.05, 0) is 46.0 Å². The van der Waals surface area contributed by atoms with E-state index in [2.05, 4.69) is 35.1 Å². The summed E-state index contributed by atoms with van der Waals surface area (Å²) in [5.41, 5.74) is -0.107. The highest BCUT2D eigenvalue weighted by Crippen LogP contribution is 2.32. The lowest BCUT2D eigenvalue weighted by Gasteiger charge is -2.35. The first-order chi connectivity index (χ1) is 7.96. The smallest absolute Gasteiger partial charge is 0.220 e. The minimum Gasteiger partial charge on any atom is -0.378 e. The zero-order valence-corrected chi connectivity index (χ0v) is 12.7. The van der Waals surface area contributed by atoms with Crippen LogP contribution >= 0.6 is 15.9 Å². The van der Waals surface area contributed by atoms with Crippen molar-refractivity contribution in [2.24, 2.45) is 5.92 Å². The summed E-state index contributed by atoms with van der Waals surface area (Å²) in [5, 5.41) is 4.01. The SMILES string of the molecule is CCOC1CC(CC(=O)NC(C)(C)CCBr)C1. The molecule has 0 atom stereocenters. The van der Waals surface area contributed by atoms with Crippen molar-refractivity contribution in [3.8, 4) is 0 Å². The number of halogens is 1. The van der Waals surface area contributed by atoms with Crippen LogP contribution in [-0.2, 0) is 9.53 Å². The Balaban J connectivity index is 2.18. The average molecular weight is 306 g/mol. The minimum absolute atomic E-state index is 0.107. The van der Waals surface area contributed by atoms with Crippen LogP contribution in [0, 0.1) is 5.92 Å². The molecule has 0 saturated heterocycles. The first-order valence-corrected chi connectivity index (χ1v) is 7.57. The molecular formula is C13H24BrNO2. The molecule has 0 radical (unpaired) electrons. The Hall–Kier alpha value is -0.0900. The summed E-state index contributed by atoms with van der Waals surface area (Å²) >= 11 is 3.41. The molecule has 1 aliphatic carbocycles. The standard InChI is InChI=1S/C13H24BrNO2/c1-4-17-11-7-10(8-11)9-12(16)15-13(2,3)5-6-14/h10-11H,4-9H2,1-3H3,(H,15,16). The van der Waals surface area contributed by atoms with Gasteiger partial charge in [0.25, 0.3) is 0 Å². The highest BCUT2D eigenvalue weighted by Gasteiger charge is 2.32. The monoisotopic (exact) mass is 305 g/mol. The molecule has 0 unspecified atom stereocenters. The van der Waals surface area contributed by atoms with E-state index < -0.39 is 0 Å². The Labute approximate surface area is 113 Å². The van der Waals surface area contributed by atoms with Crippen LogP contribution in [0.3, 0.4) is 0 Å². The summed E-state index contributed by atoms with van der Waals surface area (Å²) in [5.74, 6) is 0.696. The van der Waals surface area contributed by atoms with E-state index in [4.69, 9.17) is 4.74 Å². The van der Waals surface area contributed by atoms with Gasteiger partial charge < -0.3 is 10.1 Å². The van der Waals surface area contributed by atoms with Crippen molar-refractivity contribution < 1.29 is 9.53 Å². The summed E-state index contributed by atoms with van der Waals surface area (Å²) in [6, 6.07) is 0. The predicted molar refractivity (Wildman–Crippen MR) is 73.4 cm³/mol. The maximum Gasteiger partial charge on any atom is 0.220 e. The Kier molecular flexibility index (Phi) is 5.93. The topological polar surface area (TPSA) is 38.3 Å². The van der Waals surface area contributed by atoms with E-state index in [1.807, 2.05) is 6.92 Å². The molecule has 1 amide bonds. The minimum atomic E-state index is -0.107. The Morgan fingerprint density at radius 2 is 2.12 bits per heavy atom. The second-order valence-electron chi connectivity index (χ2n) is 5.49. The fourth-order valence-corrected chi connectivity index (χ4v) is 3.19. The highest BCUT2D eigenvalue weighted by molar-refractivity contribution is 9.09. The van der Waals surface area contributed by atoms with Crippen molar-refractivity contribution in [1.29, 1.82) is 0 Å². The second kappa shape index (κ2) is 6.74. The number of amides is 1. The molecule has 0 aromatic heterocycles. The molecule has 0 aromatic carbocycles. The number of carbonyl (C=O) groups excluding carboxylic acids is 1. The van der Waals surface area contributed by atoms with Gasteiger partial charge in [0.15, 0.2) is 0 Å². The van der Waals surface area contributed by atoms with Gasteiger partial charge in [0.1, 0.15) is 0 Å². The summed E-state index contributed by atoms with van der Waals surface area (Å²) in [4.78, 5) is 11.8. The van der Waals surface area contributed by atoms with Crippen LogP contribution in [0.4, 0.5) is 0 Å². The highest BCUT2D eigenvalue weighted by atomic mass is 79.9. The van der Waals surface area contributed by atoms with Crippen molar-refractivity contribution in [2.45, 2.75) is 58.1 Å². The van der Waals surface area contributed by atoms with E-state index >= 15 is 0 Å². The van der Waals surface area contributed by atoms with E-state index in [1.165, 1.54) is 0 Å². The van der Waals surface area contributed by atoms with E-state index in [-0.39, 0.29) is 11.4 Å². The quantitative estimate of drug-likeness (QED) is 0.735. The van der Waals surface area contributed by atoms with E-state index in [9.17, 15) is 4.79 Å². The molecule has 1 fully saturated rings. The molecule has 0 spiro atoms. The fraction of sp³-hybridized carbons (Fsp3) is 0.923. The van der Waals surface area contributed by atoms with Crippen LogP contribution in [-0.4, -0.2) is 29.5 Å². The van der Waals surface area contributed by atoms with Gasteiger partial charge in [-0.25, -0.2) is 0 Å². The largest absolute Gasteiger partial charge is 0.378 e. The maximum absolute atomic E-state index is 11.8. The fourth-order valence-electron chi connectivity index (χ4n) is 2.20. The Bertz CT molecular complexity index is 250. The molecule has 1 saturated carbocycles. The van der Waals surface area contributed by atoms with Crippen LogP contribution in [0.15, 0.2) is 0 Å². The molecule has 1 aliphatic rings. The second-order valence-corrected chi connectivity index (χ2v) is 6.28. The van der Waals surface area contributed by atoms with Gasteiger partial charge in [0.05, 0.1) is 6.10 Å².